The Labute approximate surface area is 114 Å². The van der Waals surface area contributed by atoms with Gasteiger partial charge in [-0.15, -0.1) is 5.10 Å². The van der Waals surface area contributed by atoms with Gasteiger partial charge in [0.2, 0.25) is 5.89 Å². The summed E-state index contributed by atoms with van der Waals surface area (Å²) in [6.07, 6.45) is 7.93. The summed E-state index contributed by atoms with van der Waals surface area (Å²) in [4.78, 5) is 0. The van der Waals surface area contributed by atoms with Gasteiger partial charge in [0, 0.05) is 12.6 Å². The molecule has 0 aromatic carbocycles. The predicted octanol–water partition coefficient (Wildman–Crippen LogP) is 2.56. The molecule has 106 valence electrons. The molecule has 5 heteroatoms. The maximum absolute atomic E-state index is 5.58. The van der Waals surface area contributed by atoms with Crippen LogP contribution in [0, 0.1) is 11.8 Å². The van der Waals surface area contributed by atoms with E-state index in [0.717, 1.165) is 18.4 Å². The lowest BCUT2D eigenvalue weighted by Gasteiger charge is -2.26. The van der Waals surface area contributed by atoms with E-state index in [2.05, 4.69) is 27.8 Å². The largest absolute Gasteiger partial charge is 0.407 e. The molecule has 2 atom stereocenters. The summed E-state index contributed by atoms with van der Waals surface area (Å²) in [7, 11) is 0. The van der Waals surface area contributed by atoms with Crippen LogP contribution in [0.1, 0.15) is 51.3 Å². The van der Waals surface area contributed by atoms with E-state index in [1.165, 1.54) is 38.5 Å². The van der Waals surface area contributed by atoms with Gasteiger partial charge in [-0.05, 0) is 37.5 Å². The normalized spacial score (nSPS) is 27.4. The highest BCUT2D eigenvalue weighted by Crippen LogP contribution is 2.28. The second kappa shape index (κ2) is 5.90. The number of nitrogens with zero attached hydrogens (tertiary/aromatic N) is 2. The maximum Gasteiger partial charge on any atom is 0.315 e. The first-order chi connectivity index (χ1) is 9.29. The summed E-state index contributed by atoms with van der Waals surface area (Å²) >= 11 is 0. The van der Waals surface area contributed by atoms with Gasteiger partial charge in [-0.2, -0.15) is 0 Å². The predicted molar refractivity (Wildman–Crippen MR) is 73.8 cm³/mol. The molecule has 2 N–H and O–H groups in total. The van der Waals surface area contributed by atoms with E-state index in [0.29, 0.717) is 24.5 Å². The van der Waals surface area contributed by atoms with Crippen molar-refractivity contribution >= 4 is 6.01 Å². The Bertz CT molecular complexity index is 402. The molecule has 19 heavy (non-hydrogen) atoms. The fourth-order valence-electron chi connectivity index (χ4n) is 2.89. The quantitative estimate of drug-likeness (QED) is 0.826. The van der Waals surface area contributed by atoms with Gasteiger partial charge in [-0.3, -0.25) is 0 Å². The number of nitrogens with one attached hydrogen (secondary N) is 2. The lowest BCUT2D eigenvalue weighted by molar-refractivity contribution is 0.292. The van der Waals surface area contributed by atoms with Crippen LogP contribution in [0.4, 0.5) is 6.01 Å². The van der Waals surface area contributed by atoms with Crippen LogP contribution in [-0.2, 0) is 6.54 Å². The Morgan fingerprint density at radius 1 is 1.21 bits per heavy atom. The summed E-state index contributed by atoms with van der Waals surface area (Å²) in [5.41, 5.74) is 0. The van der Waals surface area contributed by atoms with Gasteiger partial charge < -0.3 is 15.1 Å². The van der Waals surface area contributed by atoms with Crippen LogP contribution in [0.15, 0.2) is 4.42 Å². The third-order valence-electron chi connectivity index (χ3n) is 4.17. The summed E-state index contributed by atoms with van der Waals surface area (Å²) < 4.78 is 5.58. The van der Waals surface area contributed by atoms with E-state index >= 15 is 0 Å². The summed E-state index contributed by atoms with van der Waals surface area (Å²) in [5, 5.41) is 14.8. The molecule has 1 aromatic heterocycles. The second-order valence-corrected chi connectivity index (χ2v) is 6.17. The van der Waals surface area contributed by atoms with E-state index in [1.807, 2.05) is 0 Å². The lowest BCUT2D eigenvalue weighted by Crippen LogP contribution is -2.21. The summed E-state index contributed by atoms with van der Waals surface area (Å²) in [6.45, 7) is 4.00. The Morgan fingerprint density at radius 2 is 2.11 bits per heavy atom. The molecule has 2 unspecified atom stereocenters. The van der Waals surface area contributed by atoms with Crippen molar-refractivity contribution in [1.82, 2.24) is 15.5 Å². The van der Waals surface area contributed by atoms with Crippen LogP contribution < -0.4 is 10.6 Å². The van der Waals surface area contributed by atoms with Crippen molar-refractivity contribution in [2.75, 3.05) is 11.9 Å². The minimum atomic E-state index is 0.575. The SMILES string of the molecule is CC1CCCC(CNc2nnc(CNC3CC3)o2)C1. The first-order valence-electron chi connectivity index (χ1n) is 7.59. The molecule has 0 bridgehead atoms. The van der Waals surface area contributed by atoms with Gasteiger partial charge in [0.15, 0.2) is 0 Å². The fraction of sp³-hybridized carbons (Fsp3) is 0.857. The molecule has 2 fully saturated rings. The molecule has 5 nitrogen and oxygen atoms in total. The Kier molecular flexibility index (Phi) is 4.01. The van der Waals surface area contributed by atoms with Gasteiger partial charge in [-0.25, -0.2) is 0 Å². The average molecular weight is 264 g/mol. The van der Waals surface area contributed by atoms with E-state index in [4.69, 9.17) is 4.42 Å². The molecule has 3 rings (SSSR count). The maximum atomic E-state index is 5.58. The lowest BCUT2D eigenvalue weighted by atomic mass is 9.82. The molecule has 0 saturated heterocycles. The molecule has 0 aliphatic heterocycles. The Morgan fingerprint density at radius 3 is 2.89 bits per heavy atom. The fourth-order valence-corrected chi connectivity index (χ4v) is 2.89. The zero-order valence-corrected chi connectivity index (χ0v) is 11.7. The van der Waals surface area contributed by atoms with Gasteiger partial charge in [-0.1, -0.05) is 24.9 Å². The summed E-state index contributed by atoms with van der Waals surface area (Å²) in [6, 6.07) is 1.25. The number of aromatic nitrogens is 2. The van der Waals surface area contributed by atoms with Crippen molar-refractivity contribution in [1.29, 1.82) is 0 Å². The molecule has 2 aliphatic rings. The van der Waals surface area contributed by atoms with E-state index in [-0.39, 0.29) is 0 Å². The third-order valence-corrected chi connectivity index (χ3v) is 4.17. The number of hydrogen-bond acceptors (Lipinski definition) is 5. The zero-order chi connectivity index (χ0) is 13.1. The monoisotopic (exact) mass is 264 g/mol. The second-order valence-electron chi connectivity index (χ2n) is 6.17. The molecular weight excluding hydrogens is 240 g/mol. The number of rotatable bonds is 6. The smallest absolute Gasteiger partial charge is 0.315 e. The Hall–Kier alpha value is -1.10. The van der Waals surface area contributed by atoms with Crippen LogP contribution in [0.2, 0.25) is 0 Å². The van der Waals surface area contributed by atoms with Crippen molar-refractivity contribution < 1.29 is 4.42 Å². The van der Waals surface area contributed by atoms with Crippen molar-refractivity contribution in [2.45, 2.75) is 58.0 Å². The number of anilines is 1. The molecule has 2 aliphatic carbocycles. The van der Waals surface area contributed by atoms with Crippen molar-refractivity contribution in [3.8, 4) is 0 Å². The van der Waals surface area contributed by atoms with Gasteiger partial charge >= 0.3 is 6.01 Å². The van der Waals surface area contributed by atoms with Crippen LogP contribution in [-0.4, -0.2) is 22.8 Å². The standard InChI is InChI=1S/C14H24N4O/c1-10-3-2-4-11(7-10)8-16-14-18-17-13(19-14)9-15-12-5-6-12/h10-12,15H,2-9H2,1H3,(H,16,18). The van der Waals surface area contributed by atoms with Crippen molar-refractivity contribution in [2.24, 2.45) is 11.8 Å². The molecule has 1 aromatic rings. The van der Waals surface area contributed by atoms with Crippen LogP contribution >= 0.6 is 0 Å². The molecule has 2 saturated carbocycles. The van der Waals surface area contributed by atoms with E-state index in [1.54, 1.807) is 0 Å². The van der Waals surface area contributed by atoms with Crippen LogP contribution in [0.3, 0.4) is 0 Å². The van der Waals surface area contributed by atoms with E-state index < -0.39 is 0 Å². The zero-order valence-electron chi connectivity index (χ0n) is 11.7. The van der Waals surface area contributed by atoms with Gasteiger partial charge in [0.25, 0.3) is 0 Å². The summed E-state index contributed by atoms with van der Waals surface area (Å²) in [5.74, 6) is 2.30. The molecule has 0 spiro atoms. The third kappa shape index (κ3) is 3.93. The minimum absolute atomic E-state index is 0.575. The molecular formula is C14H24N4O. The molecule has 0 amide bonds. The van der Waals surface area contributed by atoms with Gasteiger partial charge in [0.1, 0.15) is 0 Å². The minimum Gasteiger partial charge on any atom is -0.407 e. The van der Waals surface area contributed by atoms with Crippen LogP contribution in [0.5, 0.6) is 0 Å². The van der Waals surface area contributed by atoms with Crippen molar-refractivity contribution in [3.05, 3.63) is 5.89 Å². The van der Waals surface area contributed by atoms with Crippen molar-refractivity contribution in [3.63, 3.8) is 0 Å². The molecule has 1 heterocycles. The first kappa shape index (κ1) is 12.9. The van der Waals surface area contributed by atoms with E-state index in [9.17, 15) is 0 Å². The average Bonchev–Trinajstić information content (AvgIpc) is 3.13. The molecule has 0 radical (unpaired) electrons. The highest BCUT2D eigenvalue weighted by atomic mass is 16.4. The highest BCUT2D eigenvalue weighted by molar-refractivity contribution is 5.17. The Balaban J connectivity index is 1.41. The topological polar surface area (TPSA) is 63.0 Å². The number of hydrogen-bond donors (Lipinski definition) is 2. The highest BCUT2D eigenvalue weighted by Gasteiger charge is 2.21. The first-order valence-corrected chi connectivity index (χ1v) is 7.59. The van der Waals surface area contributed by atoms with Gasteiger partial charge in [0.05, 0.1) is 6.54 Å². The van der Waals surface area contributed by atoms with Crippen LogP contribution in [0.25, 0.3) is 0 Å².